The number of pyridine rings is 1. The fourth-order valence-corrected chi connectivity index (χ4v) is 4.77. The van der Waals surface area contributed by atoms with Crippen LogP contribution in [0.3, 0.4) is 0 Å². The van der Waals surface area contributed by atoms with Crippen molar-refractivity contribution >= 4 is 40.7 Å². The standard InChI is InChI=1S/C26H26ClN5O2/c27-23-3-1-2-19(21(23)14-28)22-15-30-24(16-33)25-20(22)8-9-29-26(25)31-17-4-6-18(7-5-17)32-10-12-34-13-11-32/h1-9,15-16,24,30H,10-14,28H2,(H,29,31). The van der Waals surface area contributed by atoms with Crippen LogP contribution in [0.5, 0.6) is 0 Å². The van der Waals surface area contributed by atoms with Crippen molar-refractivity contribution in [1.82, 2.24) is 10.3 Å². The van der Waals surface area contributed by atoms with E-state index < -0.39 is 6.04 Å². The number of nitrogens with two attached hydrogens (primary N) is 1. The monoisotopic (exact) mass is 475 g/mol. The molecule has 5 rings (SSSR count). The van der Waals surface area contributed by atoms with E-state index in [-0.39, 0.29) is 0 Å². The van der Waals surface area contributed by atoms with Gasteiger partial charge in [0.15, 0.2) is 0 Å². The summed E-state index contributed by atoms with van der Waals surface area (Å²) in [4.78, 5) is 18.8. The van der Waals surface area contributed by atoms with Gasteiger partial charge in [0.05, 0.1) is 13.2 Å². The summed E-state index contributed by atoms with van der Waals surface area (Å²) in [6.45, 7) is 3.57. The molecule has 2 aliphatic heterocycles. The van der Waals surface area contributed by atoms with Crippen LogP contribution in [0.15, 0.2) is 60.9 Å². The molecule has 3 aromatic rings. The maximum Gasteiger partial charge on any atom is 0.146 e. The van der Waals surface area contributed by atoms with Crippen molar-refractivity contribution < 1.29 is 9.53 Å². The quantitative estimate of drug-likeness (QED) is 0.464. The Morgan fingerprint density at radius 1 is 1.15 bits per heavy atom. The van der Waals surface area contributed by atoms with Gasteiger partial charge >= 0.3 is 0 Å². The Kier molecular flexibility index (Phi) is 6.49. The first-order valence-electron chi connectivity index (χ1n) is 11.3. The second-order valence-electron chi connectivity index (χ2n) is 8.20. The highest BCUT2D eigenvalue weighted by Crippen LogP contribution is 2.39. The molecule has 8 heteroatoms. The number of aldehydes is 1. The third-order valence-electron chi connectivity index (χ3n) is 6.25. The van der Waals surface area contributed by atoms with Crippen LogP contribution in [0.1, 0.15) is 28.3 Å². The highest BCUT2D eigenvalue weighted by atomic mass is 35.5. The number of carbonyl (C=O) groups is 1. The van der Waals surface area contributed by atoms with Gasteiger partial charge in [-0.1, -0.05) is 23.7 Å². The lowest BCUT2D eigenvalue weighted by Gasteiger charge is -2.29. The second-order valence-corrected chi connectivity index (χ2v) is 8.61. The number of nitrogens with zero attached hydrogens (tertiary/aromatic N) is 2. The summed E-state index contributed by atoms with van der Waals surface area (Å²) in [5.74, 6) is 0.628. The van der Waals surface area contributed by atoms with Crippen molar-refractivity contribution in [2.24, 2.45) is 5.73 Å². The Morgan fingerprint density at radius 2 is 1.94 bits per heavy atom. The molecule has 1 unspecified atom stereocenters. The lowest BCUT2D eigenvalue weighted by Crippen LogP contribution is -2.36. The zero-order chi connectivity index (χ0) is 23.5. The molecule has 7 nitrogen and oxygen atoms in total. The Morgan fingerprint density at radius 3 is 2.68 bits per heavy atom. The lowest BCUT2D eigenvalue weighted by atomic mass is 9.87. The van der Waals surface area contributed by atoms with E-state index >= 15 is 0 Å². The summed E-state index contributed by atoms with van der Waals surface area (Å²) in [6, 6.07) is 15.3. The van der Waals surface area contributed by atoms with E-state index in [2.05, 4.69) is 32.7 Å². The minimum absolute atomic E-state index is 0.310. The van der Waals surface area contributed by atoms with Crippen LogP contribution in [-0.4, -0.2) is 37.6 Å². The van der Waals surface area contributed by atoms with E-state index in [0.717, 1.165) is 71.8 Å². The number of rotatable bonds is 6. The highest BCUT2D eigenvalue weighted by Gasteiger charge is 2.27. The molecule has 2 aliphatic rings. The molecule has 3 heterocycles. The summed E-state index contributed by atoms with van der Waals surface area (Å²) in [6.07, 6.45) is 4.49. The molecule has 1 atom stereocenters. The van der Waals surface area contributed by atoms with Crippen LogP contribution >= 0.6 is 11.6 Å². The Hall–Kier alpha value is -3.39. The van der Waals surface area contributed by atoms with Crippen LogP contribution in [0, 0.1) is 0 Å². The van der Waals surface area contributed by atoms with Gasteiger partial charge in [0.25, 0.3) is 0 Å². The molecular formula is C26H26ClN5O2. The van der Waals surface area contributed by atoms with Gasteiger partial charge in [-0.15, -0.1) is 0 Å². The van der Waals surface area contributed by atoms with Gasteiger partial charge in [-0.25, -0.2) is 4.98 Å². The maximum absolute atomic E-state index is 12.0. The smallest absolute Gasteiger partial charge is 0.146 e. The molecule has 0 spiro atoms. The Labute approximate surface area is 203 Å². The molecule has 0 bridgehead atoms. The lowest BCUT2D eigenvalue weighted by molar-refractivity contribution is -0.109. The number of anilines is 3. The number of aromatic nitrogens is 1. The molecule has 1 saturated heterocycles. The average molecular weight is 476 g/mol. The molecule has 0 aliphatic carbocycles. The number of halogens is 1. The first kappa shape index (κ1) is 22.4. The van der Waals surface area contributed by atoms with E-state index in [1.165, 1.54) is 0 Å². The van der Waals surface area contributed by atoms with E-state index in [9.17, 15) is 4.79 Å². The molecule has 4 N–H and O–H groups in total. The predicted molar refractivity (Wildman–Crippen MR) is 135 cm³/mol. The fraction of sp³-hybridized carbons (Fsp3) is 0.231. The largest absolute Gasteiger partial charge is 0.378 e. The van der Waals surface area contributed by atoms with Gasteiger partial charge < -0.3 is 30.8 Å². The first-order valence-corrected chi connectivity index (χ1v) is 11.7. The van der Waals surface area contributed by atoms with Crippen molar-refractivity contribution in [3.63, 3.8) is 0 Å². The number of hydrogen-bond acceptors (Lipinski definition) is 7. The summed E-state index contributed by atoms with van der Waals surface area (Å²) in [5.41, 5.74) is 12.5. The normalized spacial score (nSPS) is 17.4. The zero-order valence-electron chi connectivity index (χ0n) is 18.6. The number of hydrogen-bond donors (Lipinski definition) is 3. The van der Waals surface area contributed by atoms with Gasteiger partial charge in [0, 0.05) is 59.6 Å². The number of morpholine rings is 1. The molecule has 34 heavy (non-hydrogen) atoms. The van der Waals surface area contributed by atoms with Crippen molar-refractivity contribution in [3.8, 4) is 0 Å². The van der Waals surface area contributed by atoms with E-state index in [0.29, 0.717) is 17.4 Å². The van der Waals surface area contributed by atoms with Gasteiger partial charge in [-0.2, -0.15) is 0 Å². The Balaban J connectivity index is 1.49. The van der Waals surface area contributed by atoms with E-state index in [1.807, 2.05) is 42.6 Å². The first-order chi connectivity index (χ1) is 16.7. The van der Waals surface area contributed by atoms with E-state index in [4.69, 9.17) is 22.1 Å². The minimum Gasteiger partial charge on any atom is -0.378 e. The van der Waals surface area contributed by atoms with E-state index in [1.54, 1.807) is 6.20 Å². The van der Waals surface area contributed by atoms with Crippen LogP contribution in [0.25, 0.3) is 5.57 Å². The van der Waals surface area contributed by atoms with Crippen LogP contribution in [0.4, 0.5) is 17.2 Å². The van der Waals surface area contributed by atoms with Crippen LogP contribution < -0.4 is 21.3 Å². The number of fused-ring (bicyclic) bond motifs is 1. The summed E-state index contributed by atoms with van der Waals surface area (Å²) >= 11 is 6.42. The second kappa shape index (κ2) is 9.85. The number of ether oxygens (including phenoxy) is 1. The van der Waals surface area contributed by atoms with Gasteiger partial charge in [0.2, 0.25) is 0 Å². The summed E-state index contributed by atoms with van der Waals surface area (Å²) in [7, 11) is 0. The number of benzene rings is 2. The van der Waals surface area contributed by atoms with Crippen LogP contribution in [0.2, 0.25) is 5.02 Å². The minimum atomic E-state index is -0.525. The maximum atomic E-state index is 12.0. The average Bonchev–Trinajstić information content (AvgIpc) is 2.89. The van der Waals surface area contributed by atoms with Crippen molar-refractivity contribution in [3.05, 3.63) is 88.2 Å². The van der Waals surface area contributed by atoms with Gasteiger partial charge in [-0.05, 0) is 53.1 Å². The summed E-state index contributed by atoms with van der Waals surface area (Å²) in [5, 5.41) is 7.24. The Bertz CT molecular complexity index is 1220. The van der Waals surface area contributed by atoms with Crippen molar-refractivity contribution in [1.29, 1.82) is 0 Å². The number of nitrogens with one attached hydrogen (secondary N) is 2. The molecular weight excluding hydrogens is 450 g/mol. The fourth-order valence-electron chi connectivity index (χ4n) is 4.52. The SMILES string of the molecule is NCc1c(Cl)cccc1C1=CNC(C=O)c2c1ccnc2Nc1ccc(N2CCOCC2)cc1. The third-order valence-corrected chi connectivity index (χ3v) is 6.61. The molecule has 174 valence electrons. The number of carbonyl (C=O) groups excluding carboxylic acids is 1. The van der Waals surface area contributed by atoms with Crippen molar-refractivity contribution in [2.75, 3.05) is 36.5 Å². The highest BCUT2D eigenvalue weighted by molar-refractivity contribution is 6.31. The molecule has 1 fully saturated rings. The predicted octanol–water partition coefficient (Wildman–Crippen LogP) is 4.01. The van der Waals surface area contributed by atoms with Gasteiger partial charge in [0.1, 0.15) is 18.1 Å². The molecule has 0 radical (unpaired) electrons. The van der Waals surface area contributed by atoms with Crippen LogP contribution in [-0.2, 0) is 16.1 Å². The molecule has 2 aromatic carbocycles. The topological polar surface area (TPSA) is 92.5 Å². The van der Waals surface area contributed by atoms with Crippen molar-refractivity contribution in [2.45, 2.75) is 12.6 Å². The molecule has 0 amide bonds. The van der Waals surface area contributed by atoms with Gasteiger partial charge in [-0.3, -0.25) is 0 Å². The molecule has 1 aromatic heterocycles. The summed E-state index contributed by atoms with van der Waals surface area (Å²) < 4.78 is 5.44. The zero-order valence-corrected chi connectivity index (χ0v) is 19.4. The molecule has 0 saturated carbocycles. The third kappa shape index (κ3) is 4.25.